The van der Waals surface area contributed by atoms with Crippen molar-refractivity contribution >= 4 is 6.48 Å². The van der Waals surface area contributed by atoms with Crippen LogP contribution in [0.4, 0.5) is 0 Å². The quantitative estimate of drug-likeness (QED) is 0.356. The number of hydrogen-bond donors (Lipinski definition) is 0. The van der Waals surface area contributed by atoms with Gasteiger partial charge in [0.1, 0.15) is 0 Å². The average molecular weight is 488 g/mol. The van der Waals surface area contributed by atoms with Crippen LogP contribution in [0.3, 0.4) is 0 Å². The van der Waals surface area contributed by atoms with Crippen LogP contribution in [0, 0.1) is 0 Å². The summed E-state index contributed by atoms with van der Waals surface area (Å²) in [6, 6.07) is 12.5. The van der Waals surface area contributed by atoms with E-state index in [2.05, 4.69) is 90.1 Å². The molecular weight excluding hydrogens is 452 g/mol. The molecule has 2 aromatic rings. The number of benzene rings is 2. The SMILES string of the molecule is CC(C)(C)c1ccc2c(c1)-c1cc(C(C)(C)C)c[c]([Zr]([C]3=CC=CC3)=[C]3CCC3)c1C2. The van der Waals surface area contributed by atoms with E-state index in [1.165, 1.54) is 47.9 Å². The van der Waals surface area contributed by atoms with Gasteiger partial charge in [0.15, 0.2) is 0 Å². The van der Waals surface area contributed by atoms with Gasteiger partial charge >= 0.3 is 197 Å². The molecule has 0 bridgehead atoms. The number of fused-ring (bicyclic) bond motifs is 3. The standard InChI is InChI=1S/C21H25.C5H5.C4H6.Zr/c1-20(2,3)16-9-7-14-11-15-8-10-17(21(4,5)6)13-19(15)18(14)12-16;1-2-4-5-3-1;1-2-4-3-1;/h7,9-10,12-13H,11H2,1-6H3;1-3H,4H2;1-3H2;. The van der Waals surface area contributed by atoms with E-state index in [1.807, 2.05) is 3.21 Å². The second kappa shape index (κ2) is 7.62. The molecular formula is C30H36Zr. The number of hydrogen-bond acceptors (Lipinski definition) is 0. The molecule has 1 saturated carbocycles. The second-order valence-electron chi connectivity index (χ2n) is 11.8. The van der Waals surface area contributed by atoms with E-state index in [1.54, 1.807) is 17.7 Å². The molecule has 0 atom stereocenters. The molecule has 0 amide bonds. The molecule has 0 nitrogen and oxygen atoms in total. The molecule has 160 valence electrons. The molecule has 5 rings (SSSR count). The van der Waals surface area contributed by atoms with Gasteiger partial charge in [-0.15, -0.1) is 0 Å². The Morgan fingerprint density at radius 2 is 1.52 bits per heavy atom. The Labute approximate surface area is 196 Å². The van der Waals surface area contributed by atoms with Crippen molar-refractivity contribution in [1.82, 2.24) is 0 Å². The second-order valence-corrected chi connectivity index (χ2v) is 18.2. The summed E-state index contributed by atoms with van der Waals surface area (Å²) in [4.78, 5) is 0. The molecule has 2 aromatic carbocycles. The first-order valence-corrected chi connectivity index (χ1v) is 15.7. The monoisotopic (exact) mass is 486 g/mol. The summed E-state index contributed by atoms with van der Waals surface area (Å²) < 4.78 is 5.55. The Morgan fingerprint density at radius 3 is 2.10 bits per heavy atom. The minimum atomic E-state index is -1.99. The summed E-state index contributed by atoms with van der Waals surface area (Å²) in [6.45, 7) is 14.2. The first kappa shape index (κ1) is 21.5. The maximum absolute atomic E-state index is 2.66. The van der Waals surface area contributed by atoms with Gasteiger partial charge < -0.3 is 0 Å². The van der Waals surface area contributed by atoms with Crippen molar-refractivity contribution in [2.24, 2.45) is 0 Å². The minimum absolute atomic E-state index is 0.176. The van der Waals surface area contributed by atoms with Crippen LogP contribution in [-0.2, 0) is 38.5 Å². The van der Waals surface area contributed by atoms with Gasteiger partial charge in [-0.2, -0.15) is 0 Å². The van der Waals surface area contributed by atoms with Crippen molar-refractivity contribution in [1.29, 1.82) is 0 Å². The zero-order valence-corrected chi connectivity index (χ0v) is 22.6. The van der Waals surface area contributed by atoms with E-state index in [-0.39, 0.29) is 10.8 Å². The van der Waals surface area contributed by atoms with E-state index in [0.29, 0.717) is 0 Å². The van der Waals surface area contributed by atoms with Gasteiger partial charge in [0, 0.05) is 0 Å². The summed E-state index contributed by atoms with van der Waals surface area (Å²) in [6.07, 6.45) is 13.7. The topological polar surface area (TPSA) is 0 Å². The van der Waals surface area contributed by atoms with Crippen molar-refractivity contribution in [2.45, 2.75) is 84.5 Å². The van der Waals surface area contributed by atoms with E-state index in [9.17, 15) is 0 Å². The average Bonchev–Trinajstić information content (AvgIpc) is 3.29. The molecule has 1 fully saturated rings. The molecule has 0 heterocycles. The Bertz CT molecular complexity index is 1150. The summed E-state index contributed by atoms with van der Waals surface area (Å²) in [7, 11) is 0. The zero-order chi connectivity index (χ0) is 22.0. The van der Waals surface area contributed by atoms with Crippen LogP contribution < -0.4 is 3.27 Å². The van der Waals surface area contributed by atoms with Gasteiger partial charge in [-0.05, 0) is 0 Å². The third-order valence-corrected chi connectivity index (χ3v) is 15.3. The molecule has 0 saturated heterocycles. The van der Waals surface area contributed by atoms with E-state index >= 15 is 0 Å². The summed E-state index contributed by atoms with van der Waals surface area (Å²) in [5.74, 6) is 0. The van der Waals surface area contributed by atoms with Gasteiger partial charge in [-0.3, -0.25) is 0 Å². The Hall–Kier alpha value is -1.33. The molecule has 0 unspecified atom stereocenters. The van der Waals surface area contributed by atoms with Crippen LogP contribution in [0.15, 0.2) is 51.8 Å². The van der Waals surface area contributed by atoms with Crippen LogP contribution in [0.1, 0.15) is 89.5 Å². The fourth-order valence-corrected chi connectivity index (χ4v) is 13.7. The van der Waals surface area contributed by atoms with Crippen LogP contribution in [0.5, 0.6) is 0 Å². The van der Waals surface area contributed by atoms with Crippen molar-refractivity contribution in [3.63, 3.8) is 0 Å². The molecule has 1 heteroatoms. The van der Waals surface area contributed by atoms with Crippen LogP contribution >= 0.6 is 0 Å². The molecule has 31 heavy (non-hydrogen) atoms. The molecule has 0 spiro atoms. The van der Waals surface area contributed by atoms with Crippen LogP contribution in [-0.4, -0.2) is 3.21 Å². The summed E-state index contributed by atoms with van der Waals surface area (Å²) in [5, 5.41) is 0. The molecule has 3 aliphatic carbocycles. The first-order chi connectivity index (χ1) is 14.6. The zero-order valence-electron chi connectivity index (χ0n) is 20.2. The van der Waals surface area contributed by atoms with Crippen molar-refractivity contribution < 1.29 is 21.3 Å². The van der Waals surface area contributed by atoms with E-state index in [4.69, 9.17) is 0 Å². The third kappa shape index (κ3) is 3.86. The Morgan fingerprint density at radius 1 is 0.806 bits per heavy atom. The maximum atomic E-state index is 2.66. The predicted molar refractivity (Wildman–Crippen MR) is 132 cm³/mol. The Balaban J connectivity index is 1.76. The molecule has 0 N–H and O–H groups in total. The van der Waals surface area contributed by atoms with Crippen molar-refractivity contribution in [2.75, 3.05) is 0 Å². The van der Waals surface area contributed by atoms with Crippen molar-refractivity contribution in [3.8, 4) is 11.1 Å². The fourth-order valence-electron chi connectivity index (χ4n) is 5.22. The summed E-state index contributed by atoms with van der Waals surface area (Å²) in [5.41, 5.74) is 9.62. The fraction of sp³-hybridized carbons (Fsp3) is 0.433. The van der Waals surface area contributed by atoms with Gasteiger partial charge in [0.2, 0.25) is 0 Å². The molecule has 0 aromatic heterocycles. The third-order valence-electron chi connectivity index (χ3n) is 7.42. The first-order valence-electron chi connectivity index (χ1n) is 12.0. The molecule has 0 aliphatic heterocycles. The Kier molecular flexibility index (Phi) is 5.29. The number of allylic oxidation sites excluding steroid dienone is 4. The van der Waals surface area contributed by atoms with E-state index in [0.717, 1.165) is 6.42 Å². The molecule has 0 radical (unpaired) electrons. The molecule has 3 aliphatic rings. The normalized spacial score (nSPS) is 17.4. The van der Waals surface area contributed by atoms with E-state index < -0.39 is 21.3 Å². The van der Waals surface area contributed by atoms with Gasteiger partial charge in [0.25, 0.3) is 0 Å². The van der Waals surface area contributed by atoms with Gasteiger partial charge in [0.05, 0.1) is 0 Å². The van der Waals surface area contributed by atoms with Gasteiger partial charge in [-0.25, -0.2) is 0 Å². The predicted octanol–water partition coefficient (Wildman–Crippen LogP) is 7.30. The van der Waals surface area contributed by atoms with Crippen LogP contribution in [0.25, 0.3) is 11.1 Å². The van der Waals surface area contributed by atoms with Crippen LogP contribution in [0.2, 0.25) is 0 Å². The number of rotatable bonds is 2. The summed E-state index contributed by atoms with van der Waals surface area (Å²) >= 11 is -1.99. The van der Waals surface area contributed by atoms with Crippen molar-refractivity contribution in [3.05, 3.63) is 74.1 Å². The van der Waals surface area contributed by atoms with Gasteiger partial charge in [-0.1, -0.05) is 0 Å².